The van der Waals surface area contributed by atoms with Crippen molar-refractivity contribution in [3.05, 3.63) is 11.3 Å². The minimum Gasteiger partial charge on any atom is -0.480 e. The van der Waals surface area contributed by atoms with Gasteiger partial charge in [0.25, 0.3) is 5.91 Å². The molecule has 8 nitrogen and oxygen atoms in total. The fourth-order valence-corrected chi connectivity index (χ4v) is 2.11. The Morgan fingerprint density at radius 3 is 2.65 bits per heavy atom. The van der Waals surface area contributed by atoms with Crippen LogP contribution in [-0.2, 0) is 11.2 Å². The van der Waals surface area contributed by atoms with E-state index in [1.807, 2.05) is 0 Å². The molecule has 0 spiro atoms. The zero-order valence-electron chi connectivity index (χ0n) is 11.5. The maximum Gasteiger partial charge on any atom is 0.329 e. The van der Waals surface area contributed by atoms with Gasteiger partial charge in [-0.25, -0.2) is 4.79 Å². The number of ether oxygens (including phenoxy) is 1. The summed E-state index contributed by atoms with van der Waals surface area (Å²) in [4.78, 5) is 33.0. The molecule has 3 N–H and O–H groups in total. The Morgan fingerprint density at radius 2 is 2.10 bits per heavy atom. The molecule has 0 saturated carbocycles. The number of rotatable bonds is 3. The number of nitrogen functional groups attached to an aromatic ring is 1. The third-order valence-electron chi connectivity index (χ3n) is 3.40. The van der Waals surface area contributed by atoms with E-state index in [-0.39, 0.29) is 23.9 Å². The van der Waals surface area contributed by atoms with Gasteiger partial charge in [0.1, 0.15) is 16.9 Å². The number of nitrogens with zero attached hydrogens (tertiary/aromatic N) is 3. The number of nitrogens with two attached hydrogens (primary N) is 1. The molecule has 0 radical (unpaired) electrons. The predicted octanol–water partition coefficient (Wildman–Crippen LogP) is -0.0711. The van der Waals surface area contributed by atoms with Gasteiger partial charge in [0.15, 0.2) is 0 Å². The summed E-state index contributed by atoms with van der Waals surface area (Å²) in [5.74, 6) is -1.55. The molecule has 0 aliphatic carbocycles. The Bertz CT molecular complexity index is 585. The number of hydrogen-bond donors (Lipinski definition) is 2. The number of amides is 1. The zero-order valence-corrected chi connectivity index (χ0v) is 11.5. The van der Waals surface area contributed by atoms with Crippen LogP contribution >= 0.6 is 0 Å². The van der Waals surface area contributed by atoms with Crippen LogP contribution in [0.4, 0.5) is 5.82 Å². The van der Waals surface area contributed by atoms with Crippen LogP contribution in [0.15, 0.2) is 0 Å². The van der Waals surface area contributed by atoms with Gasteiger partial charge < -0.3 is 20.5 Å². The molecule has 1 aromatic rings. The second-order valence-corrected chi connectivity index (χ2v) is 4.99. The van der Waals surface area contributed by atoms with Gasteiger partial charge >= 0.3 is 12.0 Å². The van der Waals surface area contributed by atoms with E-state index < -0.39 is 17.4 Å². The topological polar surface area (TPSA) is 119 Å². The van der Waals surface area contributed by atoms with Gasteiger partial charge in [0, 0.05) is 13.0 Å². The lowest BCUT2D eigenvalue weighted by Gasteiger charge is -2.38. The summed E-state index contributed by atoms with van der Waals surface area (Å²) in [5, 5.41) is 9.23. The van der Waals surface area contributed by atoms with Gasteiger partial charge in [-0.05, 0) is 13.8 Å². The molecule has 0 bridgehead atoms. The lowest BCUT2D eigenvalue weighted by molar-refractivity contribution is -0.147. The first kappa shape index (κ1) is 14.0. The second-order valence-electron chi connectivity index (χ2n) is 4.99. The maximum absolute atomic E-state index is 12.5. The van der Waals surface area contributed by atoms with Crippen LogP contribution in [0.1, 0.15) is 29.9 Å². The Morgan fingerprint density at radius 1 is 1.45 bits per heavy atom. The normalized spacial score (nSPS) is 14.9. The van der Waals surface area contributed by atoms with Crippen molar-refractivity contribution in [2.24, 2.45) is 0 Å². The van der Waals surface area contributed by atoms with E-state index in [2.05, 4.69) is 9.97 Å². The number of fused-ring (bicyclic) bond motifs is 1. The smallest absolute Gasteiger partial charge is 0.329 e. The molecule has 2 heterocycles. The standard InChI is InChI=1S/C12H16N4O4/c1-12(2,10(18)19)16-5-4-6-7(9(16)17)8(13)15-11(14-6)20-3/h4-5H2,1-3H3,(H,18,19)(H2,13,14,15). The van der Waals surface area contributed by atoms with E-state index >= 15 is 0 Å². The van der Waals surface area contributed by atoms with Crippen LogP contribution in [0.3, 0.4) is 0 Å². The summed E-state index contributed by atoms with van der Waals surface area (Å²) in [6.45, 7) is 3.20. The van der Waals surface area contributed by atoms with Crippen molar-refractivity contribution in [1.29, 1.82) is 0 Å². The van der Waals surface area contributed by atoms with Crippen molar-refractivity contribution in [3.63, 3.8) is 0 Å². The largest absolute Gasteiger partial charge is 0.480 e. The highest BCUT2D eigenvalue weighted by molar-refractivity contribution is 6.02. The van der Waals surface area contributed by atoms with E-state index in [4.69, 9.17) is 10.5 Å². The third-order valence-corrected chi connectivity index (χ3v) is 3.40. The fourth-order valence-electron chi connectivity index (χ4n) is 2.11. The predicted molar refractivity (Wildman–Crippen MR) is 69.5 cm³/mol. The van der Waals surface area contributed by atoms with Crippen LogP contribution in [0.5, 0.6) is 6.01 Å². The highest BCUT2D eigenvalue weighted by atomic mass is 16.5. The molecule has 20 heavy (non-hydrogen) atoms. The van der Waals surface area contributed by atoms with Crippen LogP contribution < -0.4 is 10.5 Å². The first-order chi connectivity index (χ1) is 9.28. The molecule has 1 amide bonds. The van der Waals surface area contributed by atoms with Gasteiger partial charge in [-0.1, -0.05) is 0 Å². The summed E-state index contributed by atoms with van der Waals surface area (Å²) < 4.78 is 4.91. The minimum absolute atomic E-state index is 0.00254. The summed E-state index contributed by atoms with van der Waals surface area (Å²) in [7, 11) is 1.41. The molecule has 1 aliphatic heterocycles. The molecular weight excluding hydrogens is 264 g/mol. The molecule has 1 aliphatic rings. The average molecular weight is 280 g/mol. The highest BCUT2D eigenvalue weighted by Gasteiger charge is 2.42. The number of carboxylic acid groups (broad SMARTS) is 1. The third kappa shape index (κ3) is 2.02. The highest BCUT2D eigenvalue weighted by Crippen LogP contribution is 2.28. The van der Waals surface area contributed by atoms with Crippen LogP contribution in [0.25, 0.3) is 0 Å². The molecule has 0 atom stereocenters. The average Bonchev–Trinajstić information content (AvgIpc) is 2.37. The first-order valence-electron chi connectivity index (χ1n) is 6.04. The molecule has 0 unspecified atom stereocenters. The molecule has 108 valence electrons. The Labute approximate surface area is 115 Å². The van der Waals surface area contributed by atoms with Crippen molar-refractivity contribution < 1.29 is 19.4 Å². The summed E-state index contributed by atoms with van der Waals surface area (Å²) in [6, 6.07) is 0.0972. The Hall–Kier alpha value is -2.38. The number of methoxy groups -OCH3 is 1. The molecule has 0 saturated heterocycles. The van der Waals surface area contributed by atoms with Gasteiger partial charge in [0.2, 0.25) is 0 Å². The molecule has 8 heteroatoms. The number of carbonyl (C=O) groups is 2. The van der Waals surface area contributed by atoms with Gasteiger partial charge in [-0.3, -0.25) is 4.79 Å². The SMILES string of the molecule is COc1nc(N)c2c(n1)CCN(C(C)(C)C(=O)O)C2=O. The Kier molecular flexibility index (Phi) is 3.24. The van der Waals surface area contributed by atoms with Crippen LogP contribution in [0, 0.1) is 0 Å². The monoisotopic (exact) mass is 280 g/mol. The maximum atomic E-state index is 12.5. The van der Waals surface area contributed by atoms with E-state index in [1.165, 1.54) is 25.9 Å². The lowest BCUT2D eigenvalue weighted by Crippen LogP contribution is -2.55. The molecular formula is C12H16N4O4. The van der Waals surface area contributed by atoms with Gasteiger partial charge in [-0.15, -0.1) is 0 Å². The number of aliphatic carboxylic acids is 1. The van der Waals surface area contributed by atoms with Crippen LogP contribution in [-0.4, -0.2) is 51.0 Å². The summed E-state index contributed by atoms with van der Waals surface area (Å²) >= 11 is 0. The van der Waals surface area contributed by atoms with E-state index in [0.29, 0.717) is 12.1 Å². The zero-order chi connectivity index (χ0) is 15.1. The molecule has 0 fully saturated rings. The van der Waals surface area contributed by atoms with Crippen molar-refractivity contribution in [2.45, 2.75) is 25.8 Å². The van der Waals surface area contributed by atoms with E-state index in [9.17, 15) is 14.7 Å². The lowest BCUT2D eigenvalue weighted by atomic mass is 9.96. The molecule has 1 aromatic heterocycles. The number of anilines is 1. The second kappa shape index (κ2) is 4.62. The number of carbonyl (C=O) groups excluding carboxylic acids is 1. The van der Waals surface area contributed by atoms with E-state index in [0.717, 1.165) is 0 Å². The molecule has 2 rings (SSSR count). The summed E-state index contributed by atoms with van der Waals surface area (Å²) in [5.41, 5.74) is 5.09. The van der Waals surface area contributed by atoms with Crippen molar-refractivity contribution >= 4 is 17.7 Å². The van der Waals surface area contributed by atoms with Crippen molar-refractivity contribution in [3.8, 4) is 6.01 Å². The number of aromatic nitrogens is 2. The molecule has 0 aromatic carbocycles. The first-order valence-corrected chi connectivity index (χ1v) is 6.04. The summed E-state index contributed by atoms with van der Waals surface area (Å²) in [6.07, 6.45) is 0.404. The van der Waals surface area contributed by atoms with Gasteiger partial charge in [0.05, 0.1) is 12.8 Å². The van der Waals surface area contributed by atoms with Crippen LogP contribution in [0.2, 0.25) is 0 Å². The number of hydrogen-bond acceptors (Lipinski definition) is 6. The Balaban J connectivity index is 2.47. The quantitative estimate of drug-likeness (QED) is 0.795. The van der Waals surface area contributed by atoms with E-state index in [1.54, 1.807) is 0 Å². The van der Waals surface area contributed by atoms with Crippen molar-refractivity contribution in [1.82, 2.24) is 14.9 Å². The van der Waals surface area contributed by atoms with Gasteiger partial charge in [-0.2, -0.15) is 9.97 Å². The minimum atomic E-state index is -1.32. The fraction of sp³-hybridized carbons (Fsp3) is 0.500. The van der Waals surface area contributed by atoms with Crippen molar-refractivity contribution in [2.75, 3.05) is 19.4 Å². The number of carboxylic acids is 1.